The first kappa shape index (κ1) is 15.4. The topological polar surface area (TPSA) is 49.9 Å². The SMILES string of the molecule is Cc1ccc(O[C@@H](C)C(=O)N2CCN(C=O)CC2)c(C)c1. The van der Waals surface area contributed by atoms with Gasteiger partial charge in [-0.05, 0) is 32.4 Å². The minimum absolute atomic E-state index is 0.0273. The first-order chi connectivity index (χ1) is 10.0. The summed E-state index contributed by atoms with van der Waals surface area (Å²) in [5.41, 5.74) is 2.20. The summed E-state index contributed by atoms with van der Waals surface area (Å²) in [4.78, 5) is 26.5. The van der Waals surface area contributed by atoms with Crippen LogP contribution >= 0.6 is 0 Å². The maximum Gasteiger partial charge on any atom is 0.263 e. The van der Waals surface area contributed by atoms with E-state index in [1.54, 1.807) is 16.7 Å². The summed E-state index contributed by atoms with van der Waals surface area (Å²) in [6, 6.07) is 5.91. The molecule has 1 atom stereocenters. The lowest BCUT2D eigenvalue weighted by Crippen LogP contribution is -2.51. The number of piperazine rings is 1. The van der Waals surface area contributed by atoms with Gasteiger partial charge in [-0.2, -0.15) is 0 Å². The molecule has 0 spiro atoms. The van der Waals surface area contributed by atoms with Crippen molar-refractivity contribution < 1.29 is 14.3 Å². The van der Waals surface area contributed by atoms with E-state index in [2.05, 4.69) is 0 Å². The molecule has 2 rings (SSSR count). The summed E-state index contributed by atoms with van der Waals surface area (Å²) >= 11 is 0. The summed E-state index contributed by atoms with van der Waals surface area (Å²) in [7, 11) is 0. The molecule has 5 heteroatoms. The summed E-state index contributed by atoms with van der Waals surface area (Å²) < 4.78 is 5.79. The Kier molecular flexibility index (Phi) is 4.83. The van der Waals surface area contributed by atoms with Gasteiger partial charge < -0.3 is 14.5 Å². The van der Waals surface area contributed by atoms with Gasteiger partial charge in [-0.25, -0.2) is 0 Å². The van der Waals surface area contributed by atoms with Gasteiger partial charge in [0.15, 0.2) is 6.10 Å². The molecule has 1 aliphatic rings. The average Bonchev–Trinajstić information content (AvgIpc) is 2.49. The second-order valence-electron chi connectivity index (χ2n) is 5.50. The van der Waals surface area contributed by atoms with E-state index in [0.29, 0.717) is 26.2 Å². The summed E-state index contributed by atoms with van der Waals surface area (Å²) in [5, 5.41) is 0. The fourth-order valence-corrected chi connectivity index (χ4v) is 2.48. The largest absolute Gasteiger partial charge is 0.481 e. The highest BCUT2D eigenvalue weighted by molar-refractivity contribution is 5.81. The van der Waals surface area contributed by atoms with Crippen molar-refractivity contribution in [1.82, 2.24) is 9.80 Å². The quantitative estimate of drug-likeness (QED) is 0.787. The third-order valence-electron chi connectivity index (χ3n) is 3.76. The van der Waals surface area contributed by atoms with Crippen molar-refractivity contribution in [2.75, 3.05) is 26.2 Å². The molecular weight excluding hydrogens is 268 g/mol. The standard InChI is InChI=1S/C16H22N2O3/c1-12-4-5-15(13(2)10-12)21-14(3)16(20)18-8-6-17(11-19)7-9-18/h4-5,10-11,14H,6-9H2,1-3H3/t14-/m0/s1. The molecule has 1 saturated heterocycles. The van der Waals surface area contributed by atoms with Gasteiger partial charge in [0.2, 0.25) is 6.41 Å². The van der Waals surface area contributed by atoms with Crippen LogP contribution in [-0.2, 0) is 9.59 Å². The molecule has 2 amide bonds. The second-order valence-corrected chi connectivity index (χ2v) is 5.50. The number of hydrogen-bond acceptors (Lipinski definition) is 3. The number of ether oxygens (including phenoxy) is 1. The lowest BCUT2D eigenvalue weighted by Gasteiger charge is -2.34. The van der Waals surface area contributed by atoms with Crippen LogP contribution in [0.15, 0.2) is 18.2 Å². The number of benzene rings is 1. The fourth-order valence-electron chi connectivity index (χ4n) is 2.48. The van der Waals surface area contributed by atoms with E-state index in [9.17, 15) is 9.59 Å². The van der Waals surface area contributed by atoms with Gasteiger partial charge >= 0.3 is 0 Å². The highest BCUT2D eigenvalue weighted by Gasteiger charge is 2.25. The molecule has 1 aromatic carbocycles. The monoisotopic (exact) mass is 290 g/mol. The van der Waals surface area contributed by atoms with Gasteiger partial charge in [-0.1, -0.05) is 17.7 Å². The van der Waals surface area contributed by atoms with E-state index in [4.69, 9.17) is 4.74 Å². The van der Waals surface area contributed by atoms with Gasteiger partial charge in [0, 0.05) is 26.2 Å². The zero-order valence-electron chi connectivity index (χ0n) is 12.8. The lowest BCUT2D eigenvalue weighted by molar-refractivity contribution is -0.141. The van der Waals surface area contributed by atoms with Crippen LogP contribution in [-0.4, -0.2) is 54.4 Å². The van der Waals surface area contributed by atoms with E-state index >= 15 is 0 Å². The van der Waals surface area contributed by atoms with E-state index in [0.717, 1.165) is 17.7 Å². The molecule has 1 aliphatic heterocycles. The summed E-state index contributed by atoms with van der Waals surface area (Å²) in [5.74, 6) is 0.716. The van der Waals surface area contributed by atoms with Gasteiger partial charge in [0.25, 0.3) is 5.91 Å². The molecule has 0 radical (unpaired) electrons. The van der Waals surface area contributed by atoms with Gasteiger partial charge in [-0.3, -0.25) is 9.59 Å². The minimum Gasteiger partial charge on any atom is -0.481 e. The molecule has 0 saturated carbocycles. The van der Waals surface area contributed by atoms with Crippen LogP contribution in [0, 0.1) is 13.8 Å². The maximum absolute atomic E-state index is 12.4. The maximum atomic E-state index is 12.4. The van der Waals surface area contributed by atoms with Gasteiger partial charge in [0.05, 0.1) is 0 Å². The zero-order valence-corrected chi connectivity index (χ0v) is 12.8. The molecule has 1 fully saturated rings. The lowest BCUT2D eigenvalue weighted by atomic mass is 10.1. The van der Waals surface area contributed by atoms with Crippen LogP contribution in [0.25, 0.3) is 0 Å². The van der Waals surface area contributed by atoms with Crippen LogP contribution in [0.2, 0.25) is 0 Å². The average molecular weight is 290 g/mol. The smallest absolute Gasteiger partial charge is 0.263 e. The van der Waals surface area contributed by atoms with Crippen molar-refractivity contribution in [2.45, 2.75) is 26.9 Å². The third kappa shape index (κ3) is 3.74. The second kappa shape index (κ2) is 6.61. The Hall–Kier alpha value is -2.04. The van der Waals surface area contributed by atoms with E-state index < -0.39 is 6.10 Å². The Balaban J connectivity index is 1.95. The van der Waals surface area contributed by atoms with E-state index in [-0.39, 0.29) is 5.91 Å². The number of nitrogens with zero attached hydrogens (tertiary/aromatic N) is 2. The Morgan fingerprint density at radius 1 is 1.24 bits per heavy atom. The minimum atomic E-state index is -0.519. The van der Waals surface area contributed by atoms with Crippen LogP contribution in [0.3, 0.4) is 0 Å². The van der Waals surface area contributed by atoms with Crippen LogP contribution in [0.1, 0.15) is 18.1 Å². The van der Waals surface area contributed by atoms with Crippen molar-refractivity contribution in [3.05, 3.63) is 29.3 Å². The molecular formula is C16H22N2O3. The number of hydrogen-bond donors (Lipinski definition) is 0. The molecule has 114 valence electrons. The van der Waals surface area contributed by atoms with Crippen LogP contribution < -0.4 is 4.74 Å². The molecule has 1 heterocycles. The number of aryl methyl sites for hydroxylation is 2. The Labute approximate surface area is 125 Å². The molecule has 0 N–H and O–H groups in total. The normalized spacial score (nSPS) is 16.5. The fraction of sp³-hybridized carbons (Fsp3) is 0.500. The van der Waals surface area contributed by atoms with E-state index in [1.807, 2.05) is 32.0 Å². The molecule has 5 nitrogen and oxygen atoms in total. The summed E-state index contributed by atoms with van der Waals surface area (Å²) in [6.45, 7) is 8.08. The molecule has 0 aromatic heterocycles. The van der Waals surface area contributed by atoms with Crippen molar-refractivity contribution in [2.24, 2.45) is 0 Å². The predicted molar refractivity (Wildman–Crippen MR) is 80.2 cm³/mol. The molecule has 0 unspecified atom stereocenters. The number of amides is 2. The van der Waals surface area contributed by atoms with Crippen LogP contribution in [0.4, 0.5) is 0 Å². The number of carbonyl (C=O) groups is 2. The van der Waals surface area contributed by atoms with Crippen molar-refractivity contribution in [3.8, 4) is 5.75 Å². The van der Waals surface area contributed by atoms with Gasteiger partial charge in [0.1, 0.15) is 5.75 Å². The zero-order chi connectivity index (χ0) is 15.4. The third-order valence-corrected chi connectivity index (χ3v) is 3.76. The Morgan fingerprint density at radius 3 is 2.48 bits per heavy atom. The molecule has 1 aromatic rings. The highest BCUT2D eigenvalue weighted by Crippen LogP contribution is 2.20. The first-order valence-electron chi connectivity index (χ1n) is 7.23. The van der Waals surface area contributed by atoms with Crippen molar-refractivity contribution >= 4 is 12.3 Å². The first-order valence-corrected chi connectivity index (χ1v) is 7.23. The van der Waals surface area contributed by atoms with Gasteiger partial charge in [-0.15, -0.1) is 0 Å². The summed E-state index contributed by atoms with van der Waals surface area (Å²) in [6.07, 6.45) is 0.311. The Bertz CT molecular complexity index is 522. The van der Waals surface area contributed by atoms with Crippen LogP contribution in [0.5, 0.6) is 5.75 Å². The predicted octanol–water partition coefficient (Wildman–Crippen LogP) is 1.37. The number of carbonyl (C=O) groups excluding carboxylic acids is 2. The van der Waals surface area contributed by atoms with E-state index in [1.165, 1.54) is 5.56 Å². The molecule has 0 bridgehead atoms. The Morgan fingerprint density at radius 2 is 1.90 bits per heavy atom. The molecule has 21 heavy (non-hydrogen) atoms. The molecule has 0 aliphatic carbocycles. The van der Waals surface area contributed by atoms with Crippen molar-refractivity contribution in [1.29, 1.82) is 0 Å². The highest BCUT2D eigenvalue weighted by atomic mass is 16.5. The van der Waals surface area contributed by atoms with Crippen molar-refractivity contribution in [3.63, 3.8) is 0 Å². The number of rotatable bonds is 4.